The van der Waals surface area contributed by atoms with E-state index in [1.807, 2.05) is 0 Å². The van der Waals surface area contributed by atoms with E-state index >= 15 is 0 Å². The summed E-state index contributed by atoms with van der Waals surface area (Å²) in [5.74, 6) is 1.34. The van der Waals surface area contributed by atoms with Gasteiger partial charge in [-0.15, -0.1) is 0 Å². The summed E-state index contributed by atoms with van der Waals surface area (Å²) in [6, 6.07) is 29.5. The number of hydrogen-bond acceptors (Lipinski definition) is 8. The Balaban J connectivity index is 0.972. The Morgan fingerprint density at radius 1 is 0.527 bits per heavy atom. The van der Waals surface area contributed by atoms with Gasteiger partial charge in [-0.3, -0.25) is 19.6 Å². The number of nitrogens with zero attached hydrogens (tertiary/aromatic N) is 4. The Morgan fingerprint density at radius 3 is 1.16 bits per heavy atom. The maximum absolute atomic E-state index is 10.9. The van der Waals surface area contributed by atoms with Crippen molar-refractivity contribution in [3.63, 3.8) is 0 Å². The average Bonchev–Trinajstić information content (AvgIpc) is 3.16. The molecule has 0 radical (unpaired) electrons. The van der Waals surface area contributed by atoms with Crippen LogP contribution in [0.4, 0.5) is 0 Å². The highest BCUT2D eigenvalue weighted by Crippen LogP contribution is 2.44. The number of halogens is 4. The molecule has 2 aliphatic heterocycles. The molecule has 8 nitrogen and oxygen atoms in total. The number of rotatable bonds is 16. The van der Waals surface area contributed by atoms with Gasteiger partial charge in [0.2, 0.25) is 0 Å². The van der Waals surface area contributed by atoms with Crippen molar-refractivity contribution in [2.45, 2.75) is 44.6 Å². The van der Waals surface area contributed by atoms with Crippen LogP contribution in [0.15, 0.2) is 103 Å². The van der Waals surface area contributed by atoms with E-state index in [0.29, 0.717) is 24.6 Å². The zero-order chi connectivity index (χ0) is 39.0. The molecule has 55 heavy (non-hydrogen) atoms. The van der Waals surface area contributed by atoms with Crippen LogP contribution in [0.1, 0.15) is 36.1 Å². The molecule has 12 heteroatoms. The number of benzene rings is 4. The Morgan fingerprint density at radius 2 is 0.836 bits per heavy atom. The summed E-state index contributed by atoms with van der Waals surface area (Å²) >= 11 is 15.0. The molecule has 2 atom stereocenters. The predicted molar refractivity (Wildman–Crippen MR) is 235 cm³/mol. The first-order valence-corrected chi connectivity index (χ1v) is 22.2. The zero-order valence-corrected chi connectivity index (χ0v) is 38.0. The third kappa shape index (κ3) is 12.1. The molecule has 6 rings (SSSR count). The van der Waals surface area contributed by atoms with Gasteiger partial charge in [0, 0.05) is 84.0 Å². The molecule has 0 spiro atoms. The zero-order valence-electron chi connectivity index (χ0n) is 31.6. The van der Waals surface area contributed by atoms with Crippen molar-refractivity contribution < 1.29 is 19.7 Å². The quantitative estimate of drug-likeness (QED) is 0.117. The molecule has 2 heterocycles. The fourth-order valence-electron chi connectivity index (χ4n) is 7.29. The third-order valence-corrected chi connectivity index (χ3v) is 13.0. The van der Waals surface area contributed by atoms with Gasteiger partial charge in [0.25, 0.3) is 0 Å². The highest BCUT2D eigenvalue weighted by Gasteiger charge is 2.28. The Labute approximate surface area is 360 Å². The first-order chi connectivity index (χ1) is 26.4. The maximum Gasteiger partial charge on any atom is 0.147 e. The number of aliphatic hydroxyl groups is 2. The number of piperazine rings is 2. The van der Waals surface area contributed by atoms with Gasteiger partial charge in [0.1, 0.15) is 36.9 Å². The molecule has 0 amide bonds. The molecule has 0 aromatic heterocycles. The van der Waals surface area contributed by atoms with Crippen molar-refractivity contribution in [2.24, 2.45) is 0 Å². The lowest BCUT2D eigenvalue weighted by Gasteiger charge is -2.35. The lowest BCUT2D eigenvalue weighted by molar-refractivity contribution is 0.0442. The molecular weight excluding hydrogens is 956 g/mol. The maximum atomic E-state index is 10.9. The van der Waals surface area contributed by atoms with E-state index < -0.39 is 12.2 Å². The second kappa shape index (κ2) is 20.2. The van der Waals surface area contributed by atoms with E-state index in [1.54, 1.807) is 0 Å². The molecule has 2 aliphatic rings. The van der Waals surface area contributed by atoms with Gasteiger partial charge in [-0.25, -0.2) is 0 Å². The van der Waals surface area contributed by atoms with Gasteiger partial charge in [-0.05, 0) is 110 Å². The molecule has 4 aromatic carbocycles. The van der Waals surface area contributed by atoms with Crippen molar-refractivity contribution in [3.05, 3.63) is 125 Å². The van der Waals surface area contributed by atoms with Crippen LogP contribution >= 0.6 is 63.7 Å². The summed E-state index contributed by atoms with van der Waals surface area (Å²) < 4.78 is 15.6. The number of β-amino-alcohol motifs (C(OH)–C–C–N with tert-alkyl or cyclic N) is 2. The van der Waals surface area contributed by atoms with E-state index in [1.165, 1.54) is 11.1 Å². The summed E-state index contributed by atoms with van der Waals surface area (Å²) in [4.78, 5) is 9.57. The van der Waals surface area contributed by atoms with Crippen LogP contribution in [0.5, 0.6) is 11.5 Å². The Kier molecular flexibility index (Phi) is 15.7. The molecule has 296 valence electrons. The first kappa shape index (κ1) is 42.8. The molecule has 2 N–H and O–H groups in total. The van der Waals surface area contributed by atoms with Gasteiger partial charge >= 0.3 is 0 Å². The summed E-state index contributed by atoms with van der Waals surface area (Å²) in [5.41, 5.74) is 4.46. The second-order valence-electron chi connectivity index (χ2n) is 15.2. The topological polar surface area (TPSA) is 71.9 Å². The monoisotopic (exact) mass is 1000 g/mol. The van der Waals surface area contributed by atoms with Crippen LogP contribution in [-0.2, 0) is 18.5 Å². The molecule has 0 bridgehead atoms. The molecule has 2 saturated heterocycles. The van der Waals surface area contributed by atoms with Crippen molar-refractivity contribution in [2.75, 3.05) is 78.7 Å². The molecular formula is C43H52Br4N4O4. The van der Waals surface area contributed by atoms with Crippen molar-refractivity contribution in [1.82, 2.24) is 19.6 Å². The van der Waals surface area contributed by atoms with Crippen LogP contribution in [0.3, 0.4) is 0 Å². The third-order valence-electron chi connectivity index (χ3n) is 10.6. The summed E-state index contributed by atoms with van der Waals surface area (Å²) in [7, 11) is 0. The van der Waals surface area contributed by atoms with Crippen molar-refractivity contribution in [1.29, 1.82) is 0 Å². The van der Waals surface area contributed by atoms with Gasteiger partial charge in [0.15, 0.2) is 0 Å². The van der Waals surface area contributed by atoms with Crippen LogP contribution in [-0.4, -0.2) is 121 Å². The molecule has 2 fully saturated rings. The normalized spacial score (nSPS) is 17.6. The number of ether oxygens (including phenoxy) is 2. The number of aliphatic hydroxyl groups excluding tert-OH is 2. The van der Waals surface area contributed by atoms with Gasteiger partial charge in [-0.2, -0.15) is 0 Å². The van der Waals surface area contributed by atoms with Crippen molar-refractivity contribution >= 4 is 63.7 Å². The van der Waals surface area contributed by atoms with E-state index in [0.717, 1.165) is 94.5 Å². The Hall–Kier alpha value is -1.84. The molecule has 4 aromatic rings. The van der Waals surface area contributed by atoms with E-state index in [9.17, 15) is 10.2 Å². The standard InChI is InChI=1S/C43H52Br4N4O4/c1-43(2,33-21-37(44)41(38(45)22-33)54-29-35(52)27-50-17-13-48(14-18-50)25-31-9-5-3-6-10-31)34-23-39(46)42(40(47)24-34)55-30-36(53)28-51-19-15-49(16-20-51)26-32-11-7-4-8-12-32/h3-12,21-24,35-36,52-53H,13-20,25-30H2,1-2H3. The molecule has 2 unspecified atom stereocenters. The highest BCUT2D eigenvalue weighted by molar-refractivity contribution is 9.11. The number of hydrogen-bond donors (Lipinski definition) is 2. The fraction of sp³-hybridized carbons (Fsp3) is 0.442. The molecule has 0 saturated carbocycles. The van der Waals surface area contributed by atoms with E-state index in [-0.39, 0.29) is 18.6 Å². The highest BCUT2D eigenvalue weighted by atomic mass is 79.9. The average molecular weight is 1010 g/mol. The summed E-state index contributed by atoms with van der Waals surface area (Å²) in [5, 5.41) is 21.8. The van der Waals surface area contributed by atoms with Crippen LogP contribution in [0.25, 0.3) is 0 Å². The van der Waals surface area contributed by atoms with E-state index in [4.69, 9.17) is 9.47 Å². The first-order valence-electron chi connectivity index (χ1n) is 19.0. The SMILES string of the molecule is CC(C)(c1cc(Br)c(OCC(O)CN2CCN(Cc3ccccc3)CC2)c(Br)c1)c1cc(Br)c(OCC(O)CN2CCN(Cc3ccccc3)CC2)c(Br)c1. The van der Waals surface area contributed by atoms with Gasteiger partial charge in [0.05, 0.1) is 17.9 Å². The minimum atomic E-state index is -0.604. The second-order valence-corrected chi connectivity index (χ2v) is 18.6. The Bertz CT molecular complexity index is 1640. The smallest absolute Gasteiger partial charge is 0.147 e. The minimum Gasteiger partial charge on any atom is -0.488 e. The van der Waals surface area contributed by atoms with Crippen molar-refractivity contribution in [3.8, 4) is 11.5 Å². The minimum absolute atomic E-state index is 0.200. The van der Waals surface area contributed by atoms with E-state index in [2.05, 4.69) is 182 Å². The van der Waals surface area contributed by atoms with Gasteiger partial charge in [-0.1, -0.05) is 74.5 Å². The summed E-state index contributed by atoms with van der Waals surface area (Å²) in [6.45, 7) is 15.5. The lowest BCUT2D eigenvalue weighted by Crippen LogP contribution is -2.48. The summed E-state index contributed by atoms with van der Waals surface area (Å²) in [6.07, 6.45) is -1.21. The van der Waals surface area contributed by atoms with Crippen LogP contribution in [0.2, 0.25) is 0 Å². The largest absolute Gasteiger partial charge is 0.488 e. The predicted octanol–water partition coefficient (Wildman–Crippen LogP) is 8.18. The molecule has 0 aliphatic carbocycles. The fourth-order valence-corrected chi connectivity index (χ4v) is 10.1. The van der Waals surface area contributed by atoms with Crippen LogP contribution in [0, 0.1) is 0 Å². The lowest BCUT2D eigenvalue weighted by atomic mass is 9.78. The van der Waals surface area contributed by atoms with Crippen LogP contribution < -0.4 is 9.47 Å². The van der Waals surface area contributed by atoms with Gasteiger partial charge < -0.3 is 19.7 Å².